The van der Waals surface area contributed by atoms with Crippen LogP contribution in [0, 0.1) is 5.92 Å². The van der Waals surface area contributed by atoms with Crippen LogP contribution in [-0.4, -0.2) is 24.5 Å². The van der Waals surface area contributed by atoms with E-state index in [0.717, 1.165) is 35.7 Å². The van der Waals surface area contributed by atoms with Crippen molar-refractivity contribution in [2.75, 3.05) is 19.6 Å². The van der Waals surface area contributed by atoms with Gasteiger partial charge in [0.05, 0.1) is 0 Å². The van der Waals surface area contributed by atoms with E-state index in [4.69, 9.17) is 17.3 Å². The molecule has 0 aromatic heterocycles. The van der Waals surface area contributed by atoms with E-state index in [1.165, 1.54) is 18.4 Å². The molecular formula is C13H18BrClN2. The summed E-state index contributed by atoms with van der Waals surface area (Å²) in [5.41, 5.74) is 6.95. The number of rotatable bonds is 3. The van der Waals surface area contributed by atoms with Crippen molar-refractivity contribution in [1.29, 1.82) is 0 Å². The first kappa shape index (κ1) is 13.3. The zero-order valence-corrected chi connectivity index (χ0v) is 12.2. The Morgan fingerprint density at radius 3 is 3.00 bits per heavy atom. The molecular weight excluding hydrogens is 300 g/mol. The number of hydrogen-bond donors (Lipinski definition) is 1. The second-order valence-corrected chi connectivity index (χ2v) is 6.04. The van der Waals surface area contributed by atoms with Crippen molar-refractivity contribution in [2.24, 2.45) is 11.7 Å². The summed E-state index contributed by atoms with van der Waals surface area (Å²) in [7, 11) is 0. The summed E-state index contributed by atoms with van der Waals surface area (Å²) in [6.07, 6.45) is 2.51. The summed E-state index contributed by atoms with van der Waals surface area (Å²) < 4.78 is 1.03. The van der Waals surface area contributed by atoms with E-state index < -0.39 is 0 Å². The SMILES string of the molecule is NCC1CCCN(Cc2ccc(Br)cc2Cl)C1. The number of piperidine rings is 1. The van der Waals surface area contributed by atoms with E-state index in [1.807, 2.05) is 12.1 Å². The predicted molar refractivity (Wildman–Crippen MR) is 76.2 cm³/mol. The number of nitrogens with zero attached hydrogens (tertiary/aromatic N) is 1. The van der Waals surface area contributed by atoms with Crippen molar-refractivity contribution in [1.82, 2.24) is 4.90 Å². The third kappa shape index (κ3) is 3.68. The van der Waals surface area contributed by atoms with Gasteiger partial charge < -0.3 is 5.73 Å². The molecule has 0 spiro atoms. The molecule has 0 radical (unpaired) electrons. The third-order valence-electron chi connectivity index (χ3n) is 3.35. The van der Waals surface area contributed by atoms with Crippen LogP contribution in [0.2, 0.25) is 5.02 Å². The molecule has 4 heteroatoms. The van der Waals surface area contributed by atoms with E-state index in [9.17, 15) is 0 Å². The second kappa shape index (κ2) is 6.19. The Balaban J connectivity index is 2.00. The first-order valence-electron chi connectivity index (χ1n) is 6.05. The smallest absolute Gasteiger partial charge is 0.0462 e. The Bertz CT molecular complexity index is 384. The van der Waals surface area contributed by atoms with E-state index in [2.05, 4.69) is 26.9 Å². The molecule has 1 fully saturated rings. The van der Waals surface area contributed by atoms with Crippen molar-refractivity contribution in [3.63, 3.8) is 0 Å². The van der Waals surface area contributed by atoms with Crippen molar-refractivity contribution < 1.29 is 0 Å². The van der Waals surface area contributed by atoms with Crippen molar-refractivity contribution >= 4 is 27.5 Å². The van der Waals surface area contributed by atoms with Gasteiger partial charge in [0, 0.05) is 22.6 Å². The molecule has 94 valence electrons. The summed E-state index contributed by atoms with van der Waals surface area (Å²) in [5.74, 6) is 0.651. The zero-order chi connectivity index (χ0) is 12.3. The lowest BCUT2D eigenvalue weighted by Gasteiger charge is -2.32. The molecule has 0 bridgehead atoms. The van der Waals surface area contributed by atoms with Gasteiger partial charge in [-0.3, -0.25) is 4.90 Å². The summed E-state index contributed by atoms with van der Waals surface area (Å²) in [6, 6.07) is 6.10. The predicted octanol–water partition coefficient (Wildman–Crippen LogP) is 3.27. The highest BCUT2D eigenvalue weighted by molar-refractivity contribution is 9.10. The van der Waals surface area contributed by atoms with Crippen LogP contribution in [0.5, 0.6) is 0 Å². The molecule has 0 amide bonds. The molecule has 0 aliphatic carbocycles. The van der Waals surface area contributed by atoms with Crippen LogP contribution in [0.25, 0.3) is 0 Å². The maximum absolute atomic E-state index is 6.24. The Morgan fingerprint density at radius 1 is 1.47 bits per heavy atom. The molecule has 17 heavy (non-hydrogen) atoms. The Labute approximate surface area is 116 Å². The molecule has 1 aromatic carbocycles. The Morgan fingerprint density at radius 2 is 2.29 bits per heavy atom. The fraction of sp³-hybridized carbons (Fsp3) is 0.538. The van der Waals surface area contributed by atoms with Crippen LogP contribution in [-0.2, 0) is 6.54 Å². The van der Waals surface area contributed by atoms with Gasteiger partial charge in [-0.25, -0.2) is 0 Å². The van der Waals surface area contributed by atoms with Crippen LogP contribution in [0.15, 0.2) is 22.7 Å². The van der Waals surface area contributed by atoms with Gasteiger partial charge in [0.2, 0.25) is 0 Å². The largest absolute Gasteiger partial charge is 0.330 e. The number of halogens is 2. The fourth-order valence-corrected chi connectivity index (χ4v) is 3.11. The normalized spacial score (nSPS) is 21.7. The fourth-order valence-electron chi connectivity index (χ4n) is 2.38. The standard InChI is InChI=1S/C13H18BrClN2/c14-12-4-3-11(13(15)6-12)9-17-5-1-2-10(7-16)8-17/h3-4,6,10H,1-2,5,7-9,16H2. The summed E-state index contributed by atoms with van der Waals surface area (Å²) >= 11 is 9.67. The average molecular weight is 318 g/mol. The van der Waals surface area contributed by atoms with Crippen molar-refractivity contribution in [3.05, 3.63) is 33.3 Å². The number of likely N-dealkylation sites (tertiary alicyclic amines) is 1. The van der Waals surface area contributed by atoms with Gasteiger partial charge in [0.1, 0.15) is 0 Å². The summed E-state index contributed by atoms with van der Waals surface area (Å²) in [5, 5.41) is 0.842. The minimum atomic E-state index is 0.651. The quantitative estimate of drug-likeness (QED) is 0.927. The maximum Gasteiger partial charge on any atom is 0.0462 e. The topological polar surface area (TPSA) is 29.3 Å². The second-order valence-electron chi connectivity index (χ2n) is 4.71. The minimum Gasteiger partial charge on any atom is -0.330 e. The van der Waals surface area contributed by atoms with Crippen LogP contribution in [0.4, 0.5) is 0 Å². The van der Waals surface area contributed by atoms with Gasteiger partial charge >= 0.3 is 0 Å². The van der Waals surface area contributed by atoms with Gasteiger partial charge in [-0.15, -0.1) is 0 Å². The number of benzene rings is 1. The molecule has 1 saturated heterocycles. The summed E-state index contributed by atoms with van der Waals surface area (Å²) in [4.78, 5) is 2.45. The molecule has 1 atom stereocenters. The lowest BCUT2D eigenvalue weighted by atomic mass is 9.98. The Hall–Kier alpha value is -0.0900. The Kier molecular flexibility index (Phi) is 4.86. The molecule has 1 aliphatic rings. The van der Waals surface area contributed by atoms with Crippen LogP contribution in [0.1, 0.15) is 18.4 Å². The van der Waals surface area contributed by atoms with Crippen LogP contribution in [0.3, 0.4) is 0 Å². The number of hydrogen-bond acceptors (Lipinski definition) is 2. The highest BCUT2D eigenvalue weighted by atomic mass is 79.9. The lowest BCUT2D eigenvalue weighted by Crippen LogP contribution is -2.37. The first-order chi connectivity index (χ1) is 8.19. The van der Waals surface area contributed by atoms with Gasteiger partial charge in [-0.2, -0.15) is 0 Å². The average Bonchev–Trinajstić information content (AvgIpc) is 2.33. The molecule has 2 N–H and O–H groups in total. The molecule has 2 rings (SSSR count). The third-order valence-corrected chi connectivity index (χ3v) is 4.19. The van der Waals surface area contributed by atoms with Gasteiger partial charge in [-0.1, -0.05) is 33.6 Å². The molecule has 2 nitrogen and oxygen atoms in total. The molecule has 1 unspecified atom stereocenters. The lowest BCUT2D eigenvalue weighted by molar-refractivity contribution is 0.171. The van der Waals surface area contributed by atoms with Crippen LogP contribution < -0.4 is 5.73 Å². The molecule has 1 aliphatic heterocycles. The van der Waals surface area contributed by atoms with E-state index in [-0.39, 0.29) is 0 Å². The highest BCUT2D eigenvalue weighted by Crippen LogP contribution is 2.24. The molecule has 1 heterocycles. The van der Waals surface area contributed by atoms with E-state index >= 15 is 0 Å². The van der Waals surface area contributed by atoms with E-state index in [1.54, 1.807) is 0 Å². The van der Waals surface area contributed by atoms with Gasteiger partial charge in [0.25, 0.3) is 0 Å². The van der Waals surface area contributed by atoms with E-state index in [0.29, 0.717) is 5.92 Å². The summed E-state index contributed by atoms with van der Waals surface area (Å²) in [6.45, 7) is 3.99. The van der Waals surface area contributed by atoms with Gasteiger partial charge in [-0.05, 0) is 49.5 Å². The molecule has 0 saturated carbocycles. The highest BCUT2D eigenvalue weighted by Gasteiger charge is 2.19. The van der Waals surface area contributed by atoms with Crippen molar-refractivity contribution in [2.45, 2.75) is 19.4 Å². The van der Waals surface area contributed by atoms with Crippen molar-refractivity contribution in [3.8, 4) is 0 Å². The van der Waals surface area contributed by atoms with Gasteiger partial charge in [0.15, 0.2) is 0 Å². The number of nitrogens with two attached hydrogens (primary N) is 1. The minimum absolute atomic E-state index is 0.651. The monoisotopic (exact) mass is 316 g/mol. The molecule has 1 aromatic rings. The first-order valence-corrected chi connectivity index (χ1v) is 7.22. The van der Waals surface area contributed by atoms with Crippen LogP contribution >= 0.6 is 27.5 Å². The maximum atomic E-state index is 6.24. The zero-order valence-electron chi connectivity index (χ0n) is 9.83.